The van der Waals surface area contributed by atoms with Crippen LogP contribution in [0.4, 0.5) is 0 Å². The van der Waals surface area contributed by atoms with Crippen LogP contribution < -0.4 is 0 Å². The molecule has 1 aromatic heterocycles. The molecule has 1 saturated carbocycles. The lowest BCUT2D eigenvalue weighted by molar-refractivity contribution is -0.147. The van der Waals surface area contributed by atoms with Crippen molar-refractivity contribution in [1.82, 2.24) is 10.2 Å². The summed E-state index contributed by atoms with van der Waals surface area (Å²) in [6.07, 6.45) is 0.908. The Hall–Kier alpha value is -1.69. The molecule has 104 valence electrons. The van der Waals surface area contributed by atoms with Crippen molar-refractivity contribution in [2.75, 3.05) is 0 Å². The Balaban J connectivity index is 1.65. The number of benzene rings is 1. The second-order valence-electron chi connectivity index (χ2n) is 4.91. The summed E-state index contributed by atoms with van der Waals surface area (Å²) in [6, 6.07) is 7.56. The van der Waals surface area contributed by atoms with Crippen molar-refractivity contribution in [3.8, 4) is 11.5 Å². The molecule has 1 fully saturated rings. The quantitative estimate of drug-likeness (QED) is 0.802. The molecule has 0 saturated heterocycles. The number of rotatable bonds is 4. The third-order valence-corrected chi connectivity index (χ3v) is 4.01. The molecule has 0 amide bonds. The Kier molecular flexibility index (Phi) is 3.56. The van der Waals surface area contributed by atoms with E-state index in [4.69, 9.17) is 9.15 Å². The van der Waals surface area contributed by atoms with Crippen LogP contribution in [0.1, 0.15) is 19.2 Å². The third-order valence-electron chi connectivity index (χ3n) is 3.32. The number of nitrogens with zero attached hydrogens (tertiary/aromatic N) is 2. The third kappa shape index (κ3) is 2.75. The van der Waals surface area contributed by atoms with Gasteiger partial charge in [-0.25, -0.2) is 0 Å². The van der Waals surface area contributed by atoms with E-state index in [0.717, 1.165) is 16.5 Å². The van der Waals surface area contributed by atoms with Gasteiger partial charge in [-0.05, 0) is 40.4 Å². The Morgan fingerprint density at radius 3 is 2.90 bits per heavy atom. The summed E-state index contributed by atoms with van der Waals surface area (Å²) in [6.45, 7) is 2.06. The molecule has 0 radical (unpaired) electrons. The van der Waals surface area contributed by atoms with Gasteiger partial charge in [0.1, 0.15) is 0 Å². The van der Waals surface area contributed by atoms with Crippen LogP contribution in [-0.4, -0.2) is 16.2 Å². The van der Waals surface area contributed by atoms with Crippen LogP contribution in [0.5, 0.6) is 0 Å². The van der Waals surface area contributed by atoms with Gasteiger partial charge in [-0.3, -0.25) is 4.79 Å². The number of hydrogen-bond donors (Lipinski definition) is 0. The van der Waals surface area contributed by atoms with E-state index in [1.807, 2.05) is 31.2 Å². The van der Waals surface area contributed by atoms with Crippen molar-refractivity contribution in [1.29, 1.82) is 0 Å². The first-order chi connectivity index (χ1) is 9.65. The normalized spacial score (nSPS) is 20.7. The summed E-state index contributed by atoms with van der Waals surface area (Å²) in [5.74, 6) is 1.00. The highest BCUT2D eigenvalue weighted by atomic mass is 79.9. The SMILES string of the molecule is C[C@H]1C[C@@H]1C(=O)OCc1nnc(-c2ccccc2Br)o1. The lowest BCUT2D eigenvalue weighted by atomic mass is 10.2. The van der Waals surface area contributed by atoms with Crippen LogP contribution in [0.3, 0.4) is 0 Å². The van der Waals surface area contributed by atoms with E-state index < -0.39 is 0 Å². The first-order valence-corrected chi connectivity index (χ1v) is 7.18. The Morgan fingerprint density at radius 2 is 2.20 bits per heavy atom. The summed E-state index contributed by atoms with van der Waals surface area (Å²) in [4.78, 5) is 11.6. The van der Waals surface area contributed by atoms with Gasteiger partial charge in [0.15, 0.2) is 6.61 Å². The molecule has 1 aliphatic carbocycles. The van der Waals surface area contributed by atoms with Crippen LogP contribution in [0.2, 0.25) is 0 Å². The molecule has 0 aliphatic heterocycles. The average Bonchev–Trinajstić information content (AvgIpc) is 3.00. The number of esters is 1. The standard InChI is InChI=1S/C14H13BrN2O3/c1-8-6-10(8)14(18)19-7-12-16-17-13(20-12)9-4-2-3-5-11(9)15/h2-5,8,10H,6-7H2,1H3/t8-,10-/m0/s1. The molecule has 20 heavy (non-hydrogen) atoms. The smallest absolute Gasteiger partial charge is 0.309 e. The first kappa shape index (κ1) is 13.3. The number of hydrogen-bond acceptors (Lipinski definition) is 5. The van der Waals surface area contributed by atoms with Crippen molar-refractivity contribution in [2.45, 2.75) is 20.0 Å². The van der Waals surface area contributed by atoms with E-state index in [9.17, 15) is 4.79 Å². The summed E-state index contributed by atoms with van der Waals surface area (Å²) >= 11 is 3.43. The minimum atomic E-state index is -0.182. The van der Waals surface area contributed by atoms with Crippen LogP contribution in [-0.2, 0) is 16.1 Å². The van der Waals surface area contributed by atoms with E-state index in [0.29, 0.717) is 17.7 Å². The number of carbonyl (C=O) groups excluding carboxylic acids is 1. The number of carbonyl (C=O) groups is 1. The average molecular weight is 337 g/mol. The van der Waals surface area contributed by atoms with Gasteiger partial charge in [0.25, 0.3) is 5.89 Å². The molecule has 0 bridgehead atoms. The topological polar surface area (TPSA) is 65.2 Å². The second kappa shape index (κ2) is 5.36. The van der Waals surface area contributed by atoms with Gasteiger partial charge in [-0.2, -0.15) is 0 Å². The van der Waals surface area contributed by atoms with Crippen LogP contribution in [0.25, 0.3) is 11.5 Å². The number of halogens is 1. The molecule has 0 spiro atoms. The van der Waals surface area contributed by atoms with E-state index >= 15 is 0 Å². The van der Waals surface area contributed by atoms with Crippen LogP contribution in [0.15, 0.2) is 33.2 Å². The van der Waals surface area contributed by atoms with Crippen molar-refractivity contribution in [2.24, 2.45) is 11.8 Å². The summed E-state index contributed by atoms with van der Waals surface area (Å²) in [5, 5.41) is 7.85. The molecule has 5 nitrogen and oxygen atoms in total. The first-order valence-electron chi connectivity index (χ1n) is 6.39. The van der Waals surface area contributed by atoms with E-state index in [1.54, 1.807) is 0 Å². The lowest BCUT2D eigenvalue weighted by Crippen LogP contribution is -2.07. The Morgan fingerprint density at radius 1 is 1.45 bits per heavy atom. The van der Waals surface area contributed by atoms with Gasteiger partial charge in [0, 0.05) is 4.47 Å². The fraction of sp³-hybridized carbons (Fsp3) is 0.357. The Labute approximate surface area is 124 Å². The predicted octanol–water partition coefficient (Wildman–Crippen LogP) is 3.20. The minimum Gasteiger partial charge on any atom is -0.455 e. The second-order valence-corrected chi connectivity index (χ2v) is 5.76. The maximum atomic E-state index is 11.6. The summed E-state index contributed by atoms with van der Waals surface area (Å²) in [7, 11) is 0. The molecule has 1 heterocycles. The molecular formula is C14H13BrN2O3. The lowest BCUT2D eigenvalue weighted by Gasteiger charge is -2.00. The van der Waals surface area contributed by atoms with E-state index in [-0.39, 0.29) is 18.5 Å². The molecule has 2 aromatic rings. The zero-order valence-electron chi connectivity index (χ0n) is 10.9. The summed E-state index contributed by atoms with van der Waals surface area (Å²) < 4.78 is 11.5. The van der Waals surface area contributed by atoms with Gasteiger partial charge < -0.3 is 9.15 Å². The largest absolute Gasteiger partial charge is 0.455 e. The van der Waals surface area contributed by atoms with Crippen molar-refractivity contribution in [3.05, 3.63) is 34.6 Å². The number of ether oxygens (including phenoxy) is 1. The molecule has 1 aliphatic rings. The highest BCUT2D eigenvalue weighted by molar-refractivity contribution is 9.10. The van der Waals surface area contributed by atoms with Crippen molar-refractivity contribution < 1.29 is 13.9 Å². The highest BCUT2D eigenvalue weighted by Gasteiger charge is 2.40. The van der Waals surface area contributed by atoms with Crippen molar-refractivity contribution in [3.63, 3.8) is 0 Å². The zero-order valence-corrected chi connectivity index (χ0v) is 12.5. The maximum Gasteiger partial charge on any atom is 0.309 e. The molecular weight excluding hydrogens is 324 g/mol. The van der Waals surface area contributed by atoms with Gasteiger partial charge >= 0.3 is 5.97 Å². The molecule has 0 unspecified atom stereocenters. The van der Waals surface area contributed by atoms with Gasteiger partial charge in [0.05, 0.1) is 11.5 Å². The van der Waals surface area contributed by atoms with Gasteiger partial charge in [-0.1, -0.05) is 19.1 Å². The van der Waals surface area contributed by atoms with Crippen molar-refractivity contribution >= 4 is 21.9 Å². The number of aromatic nitrogens is 2. The summed E-state index contributed by atoms with van der Waals surface area (Å²) in [5.41, 5.74) is 0.813. The highest BCUT2D eigenvalue weighted by Crippen LogP contribution is 2.38. The maximum absolute atomic E-state index is 11.6. The van der Waals surface area contributed by atoms with E-state index in [2.05, 4.69) is 26.1 Å². The Bertz CT molecular complexity index is 641. The van der Waals surface area contributed by atoms with Crippen LogP contribution >= 0.6 is 15.9 Å². The zero-order chi connectivity index (χ0) is 14.1. The predicted molar refractivity (Wildman–Crippen MR) is 74.5 cm³/mol. The van der Waals surface area contributed by atoms with Gasteiger partial charge in [-0.15, -0.1) is 10.2 Å². The fourth-order valence-electron chi connectivity index (χ4n) is 1.95. The molecule has 1 aromatic carbocycles. The van der Waals surface area contributed by atoms with E-state index in [1.165, 1.54) is 0 Å². The molecule has 3 rings (SSSR count). The molecule has 6 heteroatoms. The van der Waals surface area contributed by atoms with Crippen LogP contribution in [0, 0.1) is 11.8 Å². The fourth-order valence-corrected chi connectivity index (χ4v) is 2.40. The molecule has 2 atom stereocenters. The monoisotopic (exact) mass is 336 g/mol. The minimum absolute atomic E-state index is 0.0273. The molecule has 0 N–H and O–H groups in total. The van der Waals surface area contributed by atoms with Gasteiger partial charge in [0.2, 0.25) is 5.89 Å².